The van der Waals surface area contributed by atoms with E-state index in [4.69, 9.17) is 4.74 Å². The Labute approximate surface area is 150 Å². The number of amides is 1. The minimum atomic E-state index is -5.71. The van der Waals surface area contributed by atoms with Crippen LogP contribution in [0.5, 0.6) is 0 Å². The highest BCUT2D eigenvalue weighted by Gasteiger charge is 2.50. The Hall–Kier alpha value is -1.49. The van der Waals surface area contributed by atoms with Crippen molar-refractivity contribution in [3.8, 4) is 0 Å². The Bertz CT molecular complexity index is 712. The third-order valence-electron chi connectivity index (χ3n) is 4.40. The Kier molecular flexibility index (Phi) is 5.28. The molecule has 1 fully saturated rings. The third kappa shape index (κ3) is 4.25. The van der Waals surface area contributed by atoms with Crippen LogP contribution in [0.15, 0.2) is 11.3 Å². The van der Waals surface area contributed by atoms with Crippen LogP contribution >= 0.6 is 0 Å². The number of halogens is 3. The first kappa shape index (κ1) is 20.8. The zero-order chi connectivity index (χ0) is 20.1. The van der Waals surface area contributed by atoms with Gasteiger partial charge in [-0.05, 0) is 40.3 Å². The summed E-state index contributed by atoms with van der Waals surface area (Å²) in [6.45, 7) is 7.10. The Balaban J connectivity index is 2.23. The predicted octanol–water partition coefficient (Wildman–Crippen LogP) is 2.45. The van der Waals surface area contributed by atoms with E-state index in [9.17, 15) is 26.4 Å². The van der Waals surface area contributed by atoms with Crippen LogP contribution < -0.4 is 0 Å². The Morgan fingerprint density at radius 2 is 1.77 bits per heavy atom. The zero-order valence-corrected chi connectivity index (χ0v) is 16.1. The summed E-state index contributed by atoms with van der Waals surface area (Å²) < 4.78 is 70.1. The van der Waals surface area contributed by atoms with Gasteiger partial charge < -0.3 is 13.8 Å². The van der Waals surface area contributed by atoms with E-state index in [1.807, 2.05) is 4.90 Å². The molecule has 150 valence electrons. The van der Waals surface area contributed by atoms with Gasteiger partial charge in [0.25, 0.3) is 0 Å². The van der Waals surface area contributed by atoms with E-state index >= 15 is 0 Å². The topological polar surface area (TPSA) is 76.2 Å². The lowest BCUT2D eigenvalue weighted by molar-refractivity contribution is -0.0533. The van der Waals surface area contributed by atoms with Gasteiger partial charge in [-0.3, -0.25) is 4.90 Å². The van der Waals surface area contributed by atoms with E-state index < -0.39 is 33.4 Å². The average molecular weight is 400 g/mol. The molecule has 2 rings (SSSR count). The molecule has 0 spiro atoms. The molecule has 0 aromatic heterocycles. The number of fused-ring (bicyclic) bond motifs is 2. The van der Waals surface area contributed by atoms with Gasteiger partial charge in [0.1, 0.15) is 11.4 Å². The second-order valence-electron chi connectivity index (χ2n) is 7.51. The van der Waals surface area contributed by atoms with E-state index in [0.29, 0.717) is 5.57 Å². The average Bonchev–Trinajstić information content (AvgIpc) is 2.42. The second-order valence-corrected chi connectivity index (χ2v) is 9.05. The summed E-state index contributed by atoms with van der Waals surface area (Å²) in [6, 6.07) is -0.822. The maximum atomic E-state index is 12.6. The van der Waals surface area contributed by atoms with Crippen LogP contribution in [0.1, 0.15) is 34.1 Å². The second kappa shape index (κ2) is 6.59. The fourth-order valence-electron chi connectivity index (χ4n) is 3.02. The van der Waals surface area contributed by atoms with Gasteiger partial charge in [0.15, 0.2) is 0 Å². The number of hydrogen-bond donors (Lipinski definition) is 0. The van der Waals surface area contributed by atoms with Gasteiger partial charge in [0, 0.05) is 25.6 Å². The molecular formula is C15H23F3N2O5S. The normalized spacial score (nSPS) is 25.3. The molecule has 0 radical (unpaired) electrons. The first-order chi connectivity index (χ1) is 11.6. The van der Waals surface area contributed by atoms with Crippen molar-refractivity contribution in [2.24, 2.45) is 0 Å². The number of likely N-dealkylation sites (N-methyl/N-ethyl adjacent to an activating group) is 1. The molecule has 0 aromatic carbocycles. The van der Waals surface area contributed by atoms with Crippen molar-refractivity contribution in [1.82, 2.24) is 9.80 Å². The summed E-state index contributed by atoms with van der Waals surface area (Å²) in [7, 11) is -3.94. The van der Waals surface area contributed by atoms with Gasteiger partial charge in [-0.2, -0.15) is 21.6 Å². The fraction of sp³-hybridized carbons (Fsp3) is 0.800. The Morgan fingerprint density at radius 3 is 2.27 bits per heavy atom. The molecule has 1 amide bonds. The third-order valence-corrected chi connectivity index (χ3v) is 5.39. The summed E-state index contributed by atoms with van der Waals surface area (Å²) in [5, 5.41) is 0. The number of rotatable bonds is 2. The number of nitrogens with zero attached hydrogens (tertiary/aromatic N) is 2. The standard InChI is InChI=1S/C15H23F3N2O5S/c1-9-11-8-20(13(21)24-14(2,3)4)7-10(19(11)5)6-12(9)25-26(22,23)15(16,17)18/h10-11H,6-8H2,1-5H3. The van der Waals surface area contributed by atoms with Gasteiger partial charge in [-0.25, -0.2) is 4.79 Å². The quantitative estimate of drug-likeness (QED) is 0.524. The molecule has 0 saturated carbocycles. The predicted molar refractivity (Wildman–Crippen MR) is 86.5 cm³/mol. The highest BCUT2D eigenvalue weighted by atomic mass is 32.2. The van der Waals surface area contributed by atoms with Gasteiger partial charge in [-0.15, -0.1) is 0 Å². The van der Waals surface area contributed by atoms with Crippen LogP contribution in [0, 0.1) is 0 Å². The van der Waals surface area contributed by atoms with E-state index in [1.54, 1.807) is 27.8 Å². The van der Waals surface area contributed by atoms with Crippen LogP contribution in [-0.4, -0.2) is 67.6 Å². The van der Waals surface area contributed by atoms with E-state index in [1.165, 1.54) is 11.8 Å². The van der Waals surface area contributed by atoms with Crippen molar-refractivity contribution in [2.75, 3.05) is 20.1 Å². The van der Waals surface area contributed by atoms with E-state index in [-0.39, 0.29) is 31.3 Å². The molecule has 26 heavy (non-hydrogen) atoms. The van der Waals surface area contributed by atoms with Crippen molar-refractivity contribution in [1.29, 1.82) is 0 Å². The molecule has 2 atom stereocenters. The zero-order valence-electron chi connectivity index (χ0n) is 15.3. The molecule has 7 nitrogen and oxygen atoms in total. The first-order valence-electron chi connectivity index (χ1n) is 8.02. The van der Waals surface area contributed by atoms with Gasteiger partial charge >= 0.3 is 21.7 Å². The molecule has 0 aliphatic carbocycles. The number of carbonyl (C=O) groups is 1. The Morgan fingerprint density at radius 1 is 1.19 bits per heavy atom. The largest absolute Gasteiger partial charge is 0.534 e. The van der Waals surface area contributed by atoms with Crippen molar-refractivity contribution in [3.63, 3.8) is 0 Å². The molecule has 0 N–H and O–H groups in total. The van der Waals surface area contributed by atoms with Crippen molar-refractivity contribution in [3.05, 3.63) is 11.3 Å². The first-order valence-corrected chi connectivity index (χ1v) is 9.43. The lowest BCUT2D eigenvalue weighted by Crippen LogP contribution is -2.61. The minimum Gasteiger partial charge on any atom is -0.444 e. The maximum absolute atomic E-state index is 12.6. The molecule has 11 heteroatoms. The highest BCUT2D eigenvalue weighted by molar-refractivity contribution is 7.87. The lowest BCUT2D eigenvalue weighted by atomic mass is 9.91. The van der Waals surface area contributed by atoms with E-state index in [0.717, 1.165) is 0 Å². The fourth-order valence-corrected chi connectivity index (χ4v) is 3.58. The van der Waals surface area contributed by atoms with Crippen LogP contribution in [0.25, 0.3) is 0 Å². The number of piperazine rings is 1. The molecule has 2 aliphatic rings. The van der Waals surface area contributed by atoms with Gasteiger partial charge in [-0.1, -0.05) is 0 Å². The lowest BCUT2D eigenvalue weighted by Gasteiger charge is -2.48. The summed E-state index contributed by atoms with van der Waals surface area (Å²) in [6.07, 6.45) is -0.561. The van der Waals surface area contributed by atoms with Crippen molar-refractivity contribution < 1.29 is 35.3 Å². The summed E-state index contributed by atoms with van der Waals surface area (Å²) in [5.41, 5.74) is -5.80. The van der Waals surface area contributed by atoms with Gasteiger partial charge in [0.2, 0.25) is 0 Å². The number of ether oxygens (including phenoxy) is 1. The number of hydrogen-bond acceptors (Lipinski definition) is 6. The highest BCUT2D eigenvalue weighted by Crippen LogP contribution is 2.36. The van der Waals surface area contributed by atoms with Crippen LogP contribution in [-0.2, 0) is 19.0 Å². The SMILES string of the molecule is CC1=C(OS(=O)(=O)C(F)(F)F)CC2CN(C(=O)OC(C)(C)C)CC1N2C. The van der Waals surface area contributed by atoms with Crippen LogP contribution in [0.2, 0.25) is 0 Å². The maximum Gasteiger partial charge on any atom is 0.534 e. The molecule has 2 aliphatic heterocycles. The smallest absolute Gasteiger partial charge is 0.444 e. The van der Waals surface area contributed by atoms with Crippen molar-refractivity contribution >= 4 is 16.2 Å². The molecule has 2 heterocycles. The van der Waals surface area contributed by atoms with E-state index in [2.05, 4.69) is 4.18 Å². The molecule has 2 unspecified atom stereocenters. The summed E-state index contributed by atoms with van der Waals surface area (Å²) in [4.78, 5) is 15.7. The molecule has 2 bridgehead atoms. The van der Waals surface area contributed by atoms with Crippen molar-refractivity contribution in [2.45, 2.75) is 57.3 Å². The van der Waals surface area contributed by atoms with Crippen LogP contribution in [0.4, 0.5) is 18.0 Å². The molecular weight excluding hydrogens is 377 g/mol. The summed E-state index contributed by atoms with van der Waals surface area (Å²) in [5.74, 6) is -0.209. The summed E-state index contributed by atoms with van der Waals surface area (Å²) >= 11 is 0. The van der Waals surface area contributed by atoms with Gasteiger partial charge in [0.05, 0.1) is 6.04 Å². The van der Waals surface area contributed by atoms with Crippen LogP contribution in [0.3, 0.4) is 0 Å². The number of carbonyl (C=O) groups excluding carboxylic acids is 1. The molecule has 0 aromatic rings. The number of alkyl halides is 3. The molecule has 1 saturated heterocycles. The monoisotopic (exact) mass is 400 g/mol. The minimum absolute atomic E-state index is 0.0482.